The standard InChI is InChI=1S/C6H3Br2F2NO/c7-3-1-2(5(9)10)6(12)11-4(3)8/h1,5H,(H,11,12). The molecule has 1 aromatic heterocycles. The third kappa shape index (κ3) is 1.92. The Kier molecular flexibility index (Phi) is 3.00. The van der Waals surface area contributed by atoms with Crippen LogP contribution in [-0.2, 0) is 0 Å². The average molecular weight is 303 g/mol. The highest BCUT2D eigenvalue weighted by molar-refractivity contribution is 9.13. The van der Waals surface area contributed by atoms with Gasteiger partial charge in [0.25, 0.3) is 12.0 Å². The van der Waals surface area contributed by atoms with Crippen molar-refractivity contribution in [2.45, 2.75) is 6.43 Å². The molecule has 0 saturated heterocycles. The van der Waals surface area contributed by atoms with Crippen molar-refractivity contribution in [3.63, 3.8) is 0 Å². The summed E-state index contributed by atoms with van der Waals surface area (Å²) in [5, 5.41) is 0. The number of halogens is 4. The van der Waals surface area contributed by atoms with Crippen LogP contribution < -0.4 is 5.56 Å². The van der Waals surface area contributed by atoms with Crippen LogP contribution in [0.5, 0.6) is 0 Å². The minimum absolute atomic E-state index is 0.358. The second-order valence-corrected chi connectivity index (χ2v) is 3.66. The first-order valence-electron chi connectivity index (χ1n) is 2.88. The van der Waals surface area contributed by atoms with Gasteiger partial charge in [0.2, 0.25) is 0 Å². The van der Waals surface area contributed by atoms with E-state index in [1.807, 2.05) is 0 Å². The van der Waals surface area contributed by atoms with Crippen molar-refractivity contribution in [2.24, 2.45) is 0 Å². The smallest absolute Gasteiger partial charge is 0.269 e. The maximum absolute atomic E-state index is 12.1. The van der Waals surface area contributed by atoms with Gasteiger partial charge >= 0.3 is 0 Å². The third-order valence-corrected chi connectivity index (χ3v) is 3.00. The van der Waals surface area contributed by atoms with Crippen molar-refractivity contribution in [3.05, 3.63) is 31.1 Å². The second-order valence-electron chi connectivity index (χ2n) is 2.02. The molecule has 66 valence electrons. The fourth-order valence-electron chi connectivity index (χ4n) is 0.659. The highest BCUT2D eigenvalue weighted by atomic mass is 79.9. The summed E-state index contributed by atoms with van der Waals surface area (Å²) in [6.07, 6.45) is -2.75. The van der Waals surface area contributed by atoms with Gasteiger partial charge in [-0.2, -0.15) is 0 Å². The molecular weight excluding hydrogens is 300 g/mol. The summed E-state index contributed by atoms with van der Waals surface area (Å²) in [5.41, 5.74) is -1.31. The van der Waals surface area contributed by atoms with E-state index < -0.39 is 17.5 Å². The Labute approximate surface area is 83.2 Å². The maximum atomic E-state index is 12.1. The molecule has 1 heterocycles. The highest BCUT2D eigenvalue weighted by Crippen LogP contribution is 2.23. The molecule has 6 heteroatoms. The lowest BCUT2D eigenvalue weighted by Crippen LogP contribution is -2.12. The first-order chi connectivity index (χ1) is 5.52. The summed E-state index contributed by atoms with van der Waals surface area (Å²) >= 11 is 5.98. The lowest BCUT2D eigenvalue weighted by Gasteiger charge is -2.00. The number of pyridine rings is 1. The van der Waals surface area contributed by atoms with Crippen molar-refractivity contribution in [2.75, 3.05) is 0 Å². The molecule has 0 aromatic carbocycles. The summed E-state index contributed by atoms with van der Waals surface area (Å²) in [6, 6.07) is 1.09. The number of H-pyrrole nitrogens is 1. The molecule has 0 amide bonds. The lowest BCUT2D eigenvalue weighted by atomic mass is 10.3. The first kappa shape index (κ1) is 9.85. The molecule has 0 fully saturated rings. The van der Waals surface area contributed by atoms with Crippen LogP contribution in [0.25, 0.3) is 0 Å². The fraction of sp³-hybridized carbons (Fsp3) is 0.167. The topological polar surface area (TPSA) is 32.9 Å². The zero-order chi connectivity index (χ0) is 9.30. The van der Waals surface area contributed by atoms with Gasteiger partial charge in [-0.25, -0.2) is 8.78 Å². The van der Waals surface area contributed by atoms with Gasteiger partial charge in [-0.15, -0.1) is 0 Å². The summed E-state index contributed by atoms with van der Waals surface area (Å²) in [4.78, 5) is 13.1. The molecule has 1 rings (SSSR count). The molecule has 0 saturated carbocycles. The van der Waals surface area contributed by atoms with E-state index in [-0.39, 0.29) is 0 Å². The molecule has 1 aromatic rings. The number of hydrogen-bond acceptors (Lipinski definition) is 1. The first-order valence-corrected chi connectivity index (χ1v) is 4.47. The van der Waals surface area contributed by atoms with Crippen molar-refractivity contribution < 1.29 is 8.78 Å². The average Bonchev–Trinajstić information content (AvgIpc) is 1.96. The van der Waals surface area contributed by atoms with E-state index in [1.54, 1.807) is 0 Å². The Hall–Kier alpha value is -0.230. The second kappa shape index (κ2) is 3.66. The lowest BCUT2D eigenvalue weighted by molar-refractivity contribution is 0.149. The quantitative estimate of drug-likeness (QED) is 0.795. The number of hydrogen-bond donors (Lipinski definition) is 1. The zero-order valence-corrected chi connectivity index (χ0v) is 8.75. The summed E-state index contributed by atoms with van der Waals surface area (Å²) in [7, 11) is 0. The molecule has 0 aliphatic carbocycles. The van der Waals surface area contributed by atoms with Gasteiger partial charge in [0.05, 0.1) is 10.2 Å². The molecule has 0 radical (unpaired) electrons. The zero-order valence-electron chi connectivity index (χ0n) is 5.57. The van der Waals surface area contributed by atoms with Crippen LogP contribution in [0.15, 0.2) is 19.9 Å². The minimum Gasteiger partial charge on any atom is -0.315 e. The normalized spacial score (nSPS) is 10.8. The van der Waals surface area contributed by atoms with Crippen LogP contribution >= 0.6 is 31.9 Å². The van der Waals surface area contributed by atoms with Gasteiger partial charge in [-0.3, -0.25) is 4.79 Å². The Morgan fingerprint density at radius 2 is 2.00 bits per heavy atom. The maximum Gasteiger partial charge on any atom is 0.269 e. The molecule has 12 heavy (non-hydrogen) atoms. The number of aromatic amines is 1. The molecule has 0 aliphatic rings. The number of aromatic nitrogens is 1. The monoisotopic (exact) mass is 301 g/mol. The van der Waals surface area contributed by atoms with E-state index >= 15 is 0 Å². The molecule has 0 atom stereocenters. The van der Waals surface area contributed by atoms with Gasteiger partial charge in [0.15, 0.2) is 0 Å². The van der Waals surface area contributed by atoms with Crippen LogP contribution in [0.2, 0.25) is 0 Å². The Morgan fingerprint density at radius 3 is 2.50 bits per heavy atom. The third-order valence-electron chi connectivity index (χ3n) is 1.21. The molecule has 0 bridgehead atoms. The predicted octanol–water partition coefficient (Wildman–Crippen LogP) is 2.84. The van der Waals surface area contributed by atoms with Crippen molar-refractivity contribution >= 4 is 31.9 Å². The van der Waals surface area contributed by atoms with Crippen LogP contribution in [0.4, 0.5) is 8.78 Å². The fourth-order valence-corrected chi connectivity index (χ4v) is 1.30. The van der Waals surface area contributed by atoms with Gasteiger partial charge in [-0.1, -0.05) is 0 Å². The van der Waals surface area contributed by atoms with Gasteiger partial charge in [-0.05, 0) is 37.9 Å². The Balaban J connectivity index is 3.33. The number of rotatable bonds is 1. The Bertz CT molecular complexity index is 350. The van der Waals surface area contributed by atoms with E-state index in [0.717, 1.165) is 6.07 Å². The number of alkyl halides is 2. The number of nitrogens with one attached hydrogen (secondary N) is 1. The van der Waals surface area contributed by atoms with Gasteiger partial charge in [0.1, 0.15) is 0 Å². The Morgan fingerprint density at radius 1 is 1.42 bits per heavy atom. The SMILES string of the molecule is O=c1[nH]c(Br)c(Br)cc1C(F)F. The van der Waals surface area contributed by atoms with Crippen LogP contribution in [0, 0.1) is 0 Å². The molecule has 0 unspecified atom stereocenters. The van der Waals surface area contributed by atoms with E-state index in [9.17, 15) is 13.6 Å². The van der Waals surface area contributed by atoms with Crippen molar-refractivity contribution in [3.8, 4) is 0 Å². The molecular formula is C6H3Br2F2NO. The summed E-state index contributed by atoms with van der Waals surface area (Å²) in [6.45, 7) is 0. The van der Waals surface area contributed by atoms with E-state index in [2.05, 4.69) is 36.8 Å². The van der Waals surface area contributed by atoms with E-state index in [4.69, 9.17) is 0 Å². The van der Waals surface area contributed by atoms with E-state index in [0.29, 0.717) is 9.08 Å². The predicted molar refractivity (Wildman–Crippen MR) is 47.4 cm³/mol. The van der Waals surface area contributed by atoms with Crippen LogP contribution in [0.3, 0.4) is 0 Å². The summed E-state index contributed by atoms with van der Waals surface area (Å²) < 4.78 is 24.9. The highest BCUT2D eigenvalue weighted by Gasteiger charge is 2.13. The van der Waals surface area contributed by atoms with Crippen LogP contribution in [-0.4, -0.2) is 4.98 Å². The largest absolute Gasteiger partial charge is 0.315 e. The van der Waals surface area contributed by atoms with Gasteiger partial charge < -0.3 is 4.98 Å². The van der Waals surface area contributed by atoms with E-state index in [1.165, 1.54) is 0 Å². The minimum atomic E-state index is -2.75. The molecule has 2 nitrogen and oxygen atoms in total. The molecule has 1 N–H and O–H groups in total. The summed E-state index contributed by atoms with van der Waals surface area (Å²) in [5.74, 6) is 0. The molecule has 0 aliphatic heterocycles. The van der Waals surface area contributed by atoms with Crippen molar-refractivity contribution in [1.29, 1.82) is 0 Å². The van der Waals surface area contributed by atoms with Crippen molar-refractivity contribution in [1.82, 2.24) is 4.98 Å². The van der Waals surface area contributed by atoms with Crippen LogP contribution in [0.1, 0.15) is 12.0 Å². The molecule has 0 spiro atoms. The van der Waals surface area contributed by atoms with Gasteiger partial charge in [0, 0.05) is 4.47 Å².